The molecule has 7 nitrogen and oxygen atoms in total. The van der Waals surface area contributed by atoms with Crippen molar-refractivity contribution >= 4 is 21.4 Å². The van der Waals surface area contributed by atoms with Gasteiger partial charge < -0.3 is 5.73 Å². The summed E-state index contributed by atoms with van der Waals surface area (Å²) in [5, 5.41) is 10.8. The topological polar surface area (TPSA) is 107 Å². The Morgan fingerprint density at radius 1 is 1.47 bits per heavy atom. The van der Waals surface area contributed by atoms with Crippen LogP contribution < -0.4 is 5.73 Å². The first kappa shape index (κ1) is 13.4. The maximum Gasteiger partial charge on any atom is 0.289 e. The lowest BCUT2D eigenvalue weighted by Gasteiger charge is -2.14. The largest absolute Gasteiger partial charge is 0.399 e. The van der Waals surface area contributed by atoms with Gasteiger partial charge in [-0.05, 0) is 12.1 Å². The van der Waals surface area contributed by atoms with Gasteiger partial charge in [0.05, 0.1) is 4.92 Å². The first-order valence-corrected chi connectivity index (χ1v) is 6.25. The third-order valence-electron chi connectivity index (χ3n) is 2.31. The molecule has 0 fully saturated rings. The fourth-order valence-corrected chi connectivity index (χ4v) is 2.59. The monoisotopic (exact) mass is 259 g/mol. The van der Waals surface area contributed by atoms with Crippen LogP contribution in [-0.4, -0.2) is 31.2 Å². The summed E-state index contributed by atoms with van der Waals surface area (Å²) in [5.74, 6) is 0. The smallest absolute Gasteiger partial charge is 0.289 e. The van der Waals surface area contributed by atoms with E-state index in [-0.39, 0.29) is 17.1 Å². The molecule has 0 bridgehead atoms. The average Bonchev–Trinajstić information content (AvgIpc) is 2.27. The van der Waals surface area contributed by atoms with Gasteiger partial charge in [0.2, 0.25) is 10.0 Å². The van der Waals surface area contributed by atoms with Crippen molar-refractivity contribution in [2.75, 3.05) is 19.3 Å². The van der Waals surface area contributed by atoms with Crippen LogP contribution in [0, 0.1) is 10.1 Å². The van der Waals surface area contributed by atoms with Crippen molar-refractivity contribution in [3.05, 3.63) is 28.3 Å². The Balaban J connectivity index is 3.49. The molecule has 1 rings (SSSR count). The zero-order chi connectivity index (χ0) is 13.2. The Kier molecular flexibility index (Phi) is 3.69. The predicted octanol–water partition coefficient (Wildman–Crippen LogP) is 0.817. The summed E-state index contributed by atoms with van der Waals surface area (Å²) in [5.41, 5.74) is 5.15. The predicted molar refractivity (Wildman–Crippen MR) is 63.0 cm³/mol. The van der Waals surface area contributed by atoms with Gasteiger partial charge in [0, 0.05) is 25.3 Å². The molecule has 0 saturated carbocycles. The van der Waals surface area contributed by atoms with Gasteiger partial charge in [-0.1, -0.05) is 6.92 Å². The molecule has 1 aromatic carbocycles. The molecular formula is C9H13N3O4S. The number of benzene rings is 1. The van der Waals surface area contributed by atoms with Crippen LogP contribution in [0.15, 0.2) is 23.1 Å². The molecule has 0 atom stereocenters. The summed E-state index contributed by atoms with van der Waals surface area (Å²) in [6.45, 7) is 1.85. The van der Waals surface area contributed by atoms with Crippen LogP contribution in [0.5, 0.6) is 0 Å². The van der Waals surface area contributed by atoms with Gasteiger partial charge >= 0.3 is 0 Å². The number of hydrogen-bond donors (Lipinski definition) is 1. The average molecular weight is 259 g/mol. The zero-order valence-corrected chi connectivity index (χ0v) is 10.3. The second kappa shape index (κ2) is 4.68. The first-order valence-electron chi connectivity index (χ1n) is 4.81. The molecule has 0 aliphatic heterocycles. The van der Waals surface area contributed by atoms with Crippen molar-refractivity contribution < 1.29 is 13.3 Å². The normalized spacial score (nSPS) is 11.7. The summed E-state index contributed by atoms with van der Waals surface area (Å²) in [6, 6.07) is 3.48. The second-order valence-electron chi connectivity index (χ2n) is 3.40. The lowest BCUT2D eigenvalue weighted by Crippen LogP contribution is -2.27. The van der Waals surface area contributed by atoms with Gasteiger partial charge in [-0.15, -0.1) is 0 Å². The van der Waals surface area contributed by atoms with E-state index in [1.807, 2.05) is 0 Å². The molecule has 2 N–H and O–H groups in total. The van der Waals surface area contributed by atoms with Crippen molar-refractivity contribution in [2.45, 2.75) is 11.8 Å². The van der Waals surface area contributed by atoms with Crippen molar-refractivity contribution in [1.29, 1.82) is 0 Å². The van der Waals surface area contributed by atoms with Crippen LogP contribution in [0.2, 0.25) is 0 Å². The van der Waals surface area contributed by atoms with Gasteiger partial charge in [-0.3, -0.25) is 10.1 Å². The summed E-state index contributed by atoms with van der Waals surface area (Å²) in [7, 11) is -2.53. The highest BCUT2D eigenvalue weighted by molar-refractivity contribution is 7.89. The Morgan fingerprint density at radius 2 is 2.06 bits per heavy atom. The van der Waals surface area contributed by atoms with Crippen LogP contribution in [0.3, 0.4) is 0 Å². The van der Waals surface area contributed by atoms with Gasteiger partial charge in [-0.25, -0.2) is 12.7 Å². The van der Waals surface area contributed by atoms with Crippen LogP contribution in [0.4, 0.5) is 11.4 Å². The van der Waals surface area contributed by atoms with E-state index >= 15 is 0 Å². The van der Waals surface area contributed by atoms with Gasteiger partial charge in [0.1, 0.15) is 0 Å². The van der Waals surface area contributed by atoms with E-state index in [1.54, 1.807) is 6.92 Å². The highest BCUT2D eigenvalue weighted by Gasteiger charge is 2.28. The minimum Gasteiger partial charge on any atom is -0.399 e. The van der Waals surface area contributed by atoms with Crippen LogP contribution in [0.1, 0.15) is 6.92 Å². The van der Waals surface area contributed by atoms with Gasteiger partial charge in [-0.2, -0.15) is 0 Å². The molecule has 0 saturated heterocycles. The summed E-state index contributed by atoms with van der Waals surface area (Å²) >= 11 is 0. The number of nitrogens with zero attached hydrogens (tertiary/aromatic N) is 2. The van der Waals surface area contributed by atoms with Crippen LogP contribution in [-0.2, 0) is 10.0 Å². The molecular weight excluding hydrogens is 246 g/mol. The molecule has 0 unspecified atom stereocenters. The third-order valence-corrected chi connectivity index (χ3v) is 4.28. The van der Waals surface area contributed by atoms with E-state index in [9.17, 15) is 18.5 Å². The molecule has 0 heterocycles. The molecule has 1 aromatic rings. The number of nitrogens with two attached hydrogens (primary N) is 1. The van der Waals surface area contributed by atoms with Gasteiger partial charge in [0.25, 0.3) is 5.69 Å². The molecule has 8 heteroatoms. The SMILES string of the molecule is CCN(C)S(=O)(=O)c1cc(N)ccc1[N+](=O)[O-]. The minimum absolute atomic E-state index is 0.165. The van der Waals surface area contributed by atoms with E-state index in [2.05, 4.69) is 0 Å². The third kappa shape index (κ3) is 2.53. The molecule has 0 amide bonds. The number of anilines is 1. The summed E-state index contributed by atoms with van der Waals surface area (Å²) < 4.78 is 25.0. The molecule has 0 radical (unpaired) electrons. The van der Waals surface area contributed by atoms with Crippen molar-refractivity contribution in [3.63, 3.8) is 0 Å². The molecule has 17 heavy (non-hydrogen) atoms. The maximum atomic E-state index is 12.0. The Bertz CT molecular complexity index is 541. The summed E-state index contributed by atoms with van der Waals surface area (Å²) in [4.78, 5) is 9.65. The van der Waals surface area contributed by atoms with E-state index in [1.165, 1.54) is 13.1 Å². The number of nitrogen functional groups attached to an aromatic ring is 1. The van der Waals surface area contributed by atoms with Crippen LogP contribution in [0.25, 0.3) is 0 Å². The molecule has 94 valence electrons. The number of rotatable bonds is 4. The molecule has 0 aromatic heterocycles. The van der Waals surface area contributed by atoms with Crippen molar-refractivity contribution in [1.82, 2.24) is 4.31 Å². The second-order valence-corrected chi connectivity index (χ2v) is 5.42. The quantitative estimate of drug-likeness (QED) is 0.489. The molecule has 0 aliphatic rings. The summed E-state index contributed by atoms with van der Waals surface area (Å²) in [6.07, 6.45) is 0. The van der Waals surface area contributed by atoms with E-state index in [0.29, 0.717) is 0 Å². The van der Waals surface area contributed by atoms with E-state index < -0.39 is 20.6 Å². The maximum absolute atomic E-state index is 12.0. The Labute approximate surface area is 99.0 Å². The van der Waals surface area contributed by atoms with Crippen molar-refractivity contribution in [3.8, 4) is 0 Å². The fourth-order valence-electron chi connectivity index (χ4n) is 1.23. The number of nitro benzene ring substituents is 1. The first-order chi connectivity index (χ1) is 7.80. The highest BCUT2D eigenvalue weighted by atomic mass is 32.2. The number of hydrogen-bond acceptors (Lipinski definition) is 5. The van der Waals surface area contributed by atoms with Crippen LogP contribution >= 0.6 is 0 Å². The van der Waals surface area contributed by atoms with E-state index in [0.717, 1.165) is 16.4 Å². The lowest BCUT2D eigenvalue weighted by atomic mass is 10.3. The lowest BCUT2D eigenvalue weighted by molar-refractivity contribution is -0.387. The standard InChI is InChI=1S/C9H13N3O4S/c1-3-11(2)17(15,16)9-6-7(10)4-5-8(9)12(13)14/h4-6H,3,10H2,1-2H3. The van der Waals surface area contributed by atoms with E-state index in [4.69, 9.17) is 5.73 Å². The van der Waals surface area contributed by atoms with Gasteiger partial charge in [0.15, 0.2) is 4.90 Å². The minimum atomic E-state index is -3.88. The fraction of sp³-hybridized carbons (Fsp3) is 0.333. The zero-order valence-electron chi connectivity index (χ0n) is 9.45. The Morgan fingerprint density at radius 3 is 2.53 bits per heavy atom. The molecule has 0 spiro atoms. The number of sulfonamides is 1. The number of nitro groups is 1. The Hall–Kier alpha value is -1.67. The van der Waals surface area contributed by atoms with Crippen molar-refractivity contribution in [2.24, 2.45) is 0 Å². The molecule has 0 aliphatic carbocycles. The highest BCUT2D eigenvalue weighted by Crippen LogP contribution is 2.27.